The molecule has 1 aliphatic heterocycles. The summed E-state index contributed by atoms with van der Waals surface area (Å²) in [5.41, 5.74) is 0.903. The third-order valence-electron chi connectivity index (χ3n) is 3.95. The summed E-state index contributed by atoms with van der Waals surface area (Å²) < 4.78 is 28.4. The standard InChI is InChI=1S/C17H22N4O3S/c1-24-9-8-18-15-11-16(19-14-7-10-25(22,23)12-14)21-17(20-15)13-5-3-2-4-6-13/h2-6,11,14H,7-10,12H2,1H3,(H2,18,19,20,21). The number of anilines is 2. The first-order valence-corrected chi connectivity index (χ1v) is 10.0. The maximum Gasteiger partial charge on any atom is 0.163 e. The summed E-state index contributed by atoms with van der Waals surface area (Å²) in [6, 6.07) is 11.4. The summed E-state index contributed by atoms with van der Waals surface area (Å²) in [5.74, 6) is 2.25. The second-order valence-corrected chi connectivity index (χ2v) is 8.22. The Morgan fingerprint density at radius 1 is 1.20 bits per heavy atom. The molecule has 2 heterocycles. The van der Waals surface area contributed by atoms with Gasteiger partial charge in [0.05, 0.1) is 18.1 Å². The van der Waals surface area contributed by atoms with Crippen LogP contribution in [0.2, 0.25) is 0 Å². The molecular weight excluding hydrogens is 340 g/mol. The van der Waals surface area contributed by atoms with Crippen molar-refractivity contribution in [3.05, 3.63) is 36.4 Å². The Balaban J connectivity index is 1.84. The minimum atomic E-state index is -2.94. The summed E-state index contributed by atoms with van der Waals surface area (Å²) in [7, 11) is -1.30. The van der Waals surface area contributed by atoms with Crippen molar-refractivity contribution < 1.29 is 13.2 Å². The Bertz CT molecular complexity index is 812. The van der Waals surface area contributed by atoms with Crippen LogP contribution in [0.4, 0.5) is 11.6 Å². The van der Waals surface area contributed by atoms with Gasteiger partial charge in [0.2, 0.25) is 0 Å². The lowest BCUT2D eigenvalue weighted by Crippen LogP contribution is -2.21. The zero-order valence-corrected chi connectivity index (χ0v) is 14.9. The summed E-state index contributed by atoms with van der Waals surface area (Å²) in [6.45, 7) is 1.19. The minimum absolute atomic E-state index is 0.115. The third kappa shape index (κ3) is 4.90. The molecule has 134 valence electrons. The Labute approximate surface area is 147 Å². The van der Waals surface area contributed by atoms with Crippen LogP contribution >= 0.6 is 0 Å². The van der Waals surface area contributed by atoms with Crippen LogP contribution in [0.5, 0.6) is 0 Å². The zero-order valence-electron chi connectivity index (χ0n) is 14.1. The SMILES string of the molecule is COCCNc1cc(NC2CCS(=O)(=O)C2)nc(-c2ccccc2)n1. The van der Waals surface area contributed by atoms with Gasteiger partial charge in [-0.2, -0.15) is 0 Å². The molecule has 7 nitrogen and oxygen atoms in total. The van der Waals surface area contributed by atoms with E-state index in [2.05, 4.69) is 20.6 Å². The first-order valence-electron chi connectivity index (χ1n) is 8.20. The maximum absolute atomic E-state index is 11.7. The largest absolute Gasteiger partial charge is 0.383 e. The van der Waals surface area contributed by atoms with Gasteiger partial charge >= 0.3 is 0 Å². The van der Waals surface area contributed by atoms with Crippen LogP contribution in [0, 0.1) is 0 Å². The molecule has 0 amide bonds. The van der Waals surface area contributed by atoms with E-state index in [0.717, 1.165) is 5.56 Å². The number of benzene rings is 1. The predicted molar refractivity (Wildman–Crippen MR) is 98.5 cm³/mol. The quantitative estimate of drug-likeness (QED) is 0.726. The number of hydrogen-bond acceptors (Lipinski definition) is 7. The molecular formula is C17H22N4O3S. The van der Waals surface area contributed by atoms with Crippen molar-refractivity contribution in [3.63, 3.8) is 0 Å². The molecule has 1 aliphatic rings. The van der Waals surface area contributed by atoms with E-state index in [-0.39, 0.29) is 17.5 Å². The van der Waals surface area contributed by atoms with E-state index >= 15 is 0 Å². The van der Waals surface area contributed by atoms with Gasteiger partial charge in [0.15, 0.2) is 15.7 Å². The maximum atomic E-state index is 11.7. The topological polar surface area (TPSA) is 93.2 Å². The molecule has 0 bridgehead atoms. The molecule has 0 radical (unpaired) electrons. The number of hydrogen-bond donors (Lipinski definition) is 2. The molecule has 8 heteroatoms. The van der Waals surface area contributed by atoms with E-state index in [9.17, 15) is 8.42 Å². The van der Waals surface area contributed by atoms with Crippen LogP contribution < -0.4 is 10.6 Å². The molecule has 1 aromatic carbocycles. The van der Waals surface area contributed by atoms with Crippen molar-refractivity contribution >= 4 is 21.5 Å². The number of nitrogens with one attached hydrogen (secondary N) is 2. The minimum Gasteiger partial charge on any atom is -0.383 e. The van der Waals surface area contributed by atoms with Crippen molar-refractivity contribution in [2.75, 3.05) is 42.4 Å². The summed E-state index contributed by atoms with van der Waals surface area (Å²) in [5, 5.41) is 6.44. The van der Waals surface area contributed by atoms with Crippen LogP contribution in [-0.2, 0) is 14.6 Å². The van der Waals surface area contributed by atoms with Gasteiger partial charge in [-0.05, 0) is 6.42 Å². The number of methoxy groups -OCH3 is 1. The number of ether oxygens (including phenoxy) is 1. The highest BCUT2D eigenvalue weighted by Gasteiger charge is 2.28. The average Bonchev–Trinajstić information content (AvgIpc) is 2.94. The monoisotopic (exact) mass is 362 g/mol. The van der Waals surface area contributed by atoms with Crippen LogP contribution in [-0.4, -0.2) is 56.2 Å². The van der Waals surface area contributed by atoms with Gasteiger partial charge in [-0.1, -0.05) is 30.3 Å². The second-order valence-electron chi connectivity index (χ2n) is 5.99. The van der Waals surface area contributed by atoms with Gasteiger partial charge in [0, 0.05) is 31.3 Å². The fourth-order valence-electron chi connectivity index (χ4n) is 2.73. The van der Waals surface area contributed by atoms with Gasteiger partial charge in [-0.3, -0.25) is 0 Å². The molecule has 1 fully saturated rings. The Hall–Kier alpha value is -2.19. The van der Waals surface area contributed by atoms with Gasteiger partial charge < -0.3 is 15.4 Å². The van der Waals surface area contributed by atoms with E-state index in [1.807, 2.05) is 30.3 Å². The molecule has 0 spiro atoms. The average molecular weight is 362 g/mol. The molecule has 1 saturated heterocycles. The molecule has 0 aliphatic carbocycles. The molecule has 3 rings (SSSR count). The first kappa shape index (κ1) is 17.6. The van der Waals surface area contributed by atoms with Crippen LogP contribution in [0.3, 0.4) is 0 Å². The second kappa shape index (κ2) is 7.79. The molecule has 1 atom stereocenters. The van der Waals surface area contributed by atoms with E-state index in [4.69, 9.17) is 4.74 Å². The Morgan fingerprint density at radius 3 is 2.64 bits per heavy atom. The van der Waals surface area contributed by atoms with Crippen LogP contribution in [0.25, 0.3) is 11.4 Å². The molecule has 1 aromatic heterocycles. The zero-order chi connectivity index (χ0) is 17.7. The smallest absolute Gasteiger partial charge is 0.163 e. The summed E-state index contributed by atoms with van der Waals surface area (Å²) in [6.07, 6.45) is 0.597. The van der Waals surface area contributed by atoms with Crippen molar-refractivity contribution in [3.8, 4) is 11.4 Å². The van der Waals surface area contributed by atoms with Gasteiger partial charge in [0.1, 0.15) is 11.6 Å². The van der Waals surface area contributed by atoms with Crippen molar-refractivity contribution in [1.82, 2.24) is 9.97 Å². The van der Waals surface area contributed by atoms with E-state index in [1.165, 1.54) is 0 Å². The van der Waals surface area contributed by atoms with Gasteiger partial charge in [-0.25, -0.2) is 18.4 Å². The lowest BCUT2D eigenvalue weighted by Gasteiger charge is -2.14. The van der Waals surface area contributed by atoms with Gasteiger partial charge in [0.25, 0.3) is 0 Å². The highest BCUT2D eigenvalue weighted by atomic mass is 32.2. The number of sulfone groups is 1. The molecule has 2 N–H and O–H groups in total. The molecule has 25 heavy (non-hydrogen) atoms. The normalized spacial score (nSPS) is 18.8. The van der Waals surface area contributed by atoms with Crippen molar-refractivity contribution in [2.24, 2.45) is 0 Å². The summed E-state index contributed by atoms with van der Waals surface area (Å²) >= 11 is 0. The van der Waals surface area contributed by atoms with E-state index in [1.54, 1.807) is 13.2 Å². The Kier molecular flexibility index (Phi) is 5.50. The third-order valence-corrected chi connectivity index (χ3v) is 5.72. The number of nitrogens with zero attached hydrogens (tertiary/aromatic N) is 2. The van der Waals surface area contributed by atoms with Crippen molar-refractivity contribution in [1.29, 1.82) is 0 Å². The highest BCUT2D eigenvalue weighted by molar-refractivity contribution is 7.91. The molecule has 2 aromatic rings. The highest BCUT2D eigenvalue weighted by Crippen LogP contribution is 2.22. The predicted octanol–water partition coefficient (Wildman–Crippen LogP) is 1.80. The van der Waals surface area contributed by atoms with E-state index in [0.29, 0.717) is 37.0 Å². The van der Waals surface area contributed by atoms with Gasteiger partial charge in [-0.15, -0.1) is 0 Å². The molecule has 0 saturated carbocycles. The van der Waals surface area contributed by atoms with Crippen LogP contribution in [0.1, 0.15) is 6.42 Å². The van der Waals surface area contributed by atoms with E-state index < -0.39 is 9.84 Å². The fraction of sp³-hybridized carbons (Fsp3) is 0.412. The van der Waals surface area contributed by atoms with Crippen LogP contribution in [0.15, 0.2) is 36.4 Å². The van der Waals surface area contributed by atoms with Crippen molar-refractivity contribution in [2.45, 2.75) is 12.5 Å². The fourth-order valence-corrected chi connectivity index (χ4v) is 4.40. The Morgan fingerprint density at radius 2 is 1.96 bits per heavy atom. The number of rotatable bonds is 7. The lowest BCUT2D eigenvalue weighted by molar-refractivity contribution is 0.210. The first-order chi connectivity index (χ1) is 12.1. The number of aromatic nitrogens is 2. The lowest BCUT2D eigenvalue weighted by atomic mass is 10.2. The summed E-state index contributed by atoms with van der Waals surface area (Å²) in [4.78, 5) is 9.10. The molecule has 1 unspecified atom stereocenters.